The second-order valence-electron chi connectivity index (χ2n) is 5.03. The fraction of sp³-hybridized carbons (Fsp3) is 0.917. The lowest BCUT2D eigenvalue weighted by Gasteiger charge is -2.23. The molecule has 0 aromatic rings. The van der Waals surface area contributed by atoms with Crippen LogP contribution in [0.3, 0.4) is 0 Å². The van der Waals surface area contributed by atoms with E-state index in [-0.39, 0.29) is 25.1 Å². The lowest BCUT2D eigenvalue weighted by Crippen LogP contribution is -2.45. The first-order valence-electron chi connectivity index (χ1n) is 6.72. The van der Waals surface area contributed by atoms with Crippen LogP contribution >= 0.6 is 0 Å². The van der Waals surface area contributed by atoms with Gasteiger partial charge < -0.3 is 10.1 Å². The van der Waals surface area contributed by atoms with Gasteiger partial charge >= 0.3 is 0 Å². The van der Waals surface area contributed by atoms with Gasteiger partial charge in [-0.15, -0.1) is 0 Å². The van der Waals surface area contributed by atoms with E-state index in [0.29, 0.717) is 0 Å². The van der Waals surface area contributed by atoms with Gasteiger partial charge in [0.2, 0.25) is 15.9 Å². The van der Waals surface area contributed by atoms with Gasteiger partial charge in [-0.1, -0.05) is 19.3 Å². The summed E-state index contributed by atoms with van der Waals surface area (Å²) in [5.41, 5.74) is 0. The number of carbonyl (C=O) groups excluding carboxylic acids is 1. The molecule has 6 nitrogen and oxygen atoms in total. The van der Waals surface area contributed by atoms with E-state index in [2.05, 4.69) is 10.0 Å². The first-order valence-corrected chi connectivity index (χ1v) is 8.27. The number of hydrogen-bond acceptors (Lipinski definition) is 4. The summed E-state index contributed by atoms with van der Waals surface area (Å²) in [6.07, 6.45) is 5.44. The molecule has 1 aliphatic carbocycles. The number of carbonyl (C=O) groups is 1. The number of rotatable bonds is 7. The number of hydrogen-bond donors (Lipinski definition) is 2. The molecule has 0 saturated heterocycles. The first-order chi connectivity index (χ1) is 8.95. The van der Waals surface area contributed by atoms with Crippen LogP contribution in [0.2, 0.25) is 0 Å². The third-order valence-corrected chi connectivity index (χ3v) is 5.08. The predicted octanol–water partition coefficient (Wildman–Crippen LogP) is 0.390. The van der Waals surface area contributed by atoms with Crippen LogP contribution in [-0.2, 0) is 19.6 Å². The normalized spacial score (nSPS) is 19.1. The SMILES string of the molecule is COCC(C)S(=O)(=O)NCC(=O)NC1CCCCC1. The zero-order valence-corrected chi connectivity index (χ0v) is 12.5. The van der Waals surface area contributed by atoms with Crippen LogP contribution < -0.4 is 10.0 Å². The summed E-state index contributed by atoms with van der Waals surface area (Å²) in [5.74, 6) is -0.264. The highest BCUT2D eigenvalue weighted by molar-refractivity contribution is 7.90. The van der Waals surface area contributed by atoms with Crippen LogP contribution in [0.15, 0.2) is 0 Å². The fourth-order valence-electron chi connectivity index (χ4n) is 2.16. The molecule has 1 saturated carbocycles. The van der Waals surface area contributed by atoms with Crippen molar-refractivity contribution in [1.82, 2.24) is 10.0 Å². The zero-order chi connectivity index (χ0) is 14.3. The van der Waals surface area contributed by atoms with E-state index in [1.165, 1.54) is 13.5 Å². The molecular formula is C12H24N2O4S. The molecule has 7 heteroatoms. The van der Waals surface area contributed by atoms with Crippen LogP contribution in [0.5, 0.6) is 0 Å². The molecule has 19 heavy (non-hydrogen) atoms. The summed E-state index contributed by atoms with van der Waals surface area (Å²) in [6.45, 7) is 1.46. The molecule has 0 aromatic heterocycles. The van der Waals surface area contributed by atoms with E-state index in [1.807, 2.05) is 0 Å². The largest absolute Gasteiger partial charge is 0.383 e. The molecule has 0 heterocycles. The molecule has 0 spiro atoms. The van der Waals surface area contributed by atoms with Crippen LogP contribution in [0.25, 0.3) is 0 Å². The summed E-state index contributed by atoms with van der Waals surface area (Å²) in [5, 5.41) is 2.20. The van der Waals surface area contributed by atoms with Crippen molar-refractivity contribution < 1.29 is 17.9 Å². The van der Waals surface area contributed by atoms with E-state index in [9.17, 15) is 13.2 Å². The topological polar surface area (TPSA) is 84.5 Å². The summed E-state index contributed by atoms with van der Waals surface area (Å²) in [6, 6.07) is 0.196. The monoisotopic (exact) mass is 292 g/mol. The maximum Gasteiger partial charge on any atom is 0.235 e. The molecule has 0 radical (unpaired) electrons. The molecule has 1 rings (SSSR count). The maximum atomic E-state index is 11.7. The Labute approximate surface area is 115 Å². The molecule has 1 atom stereocenters. The third-order valence-electron chi connectivity index (χ3n) is 3.34. The Balaban J connectivity index is 2.32. The summed E-state index contributed by atoms with van der Waals surface area (Å²) in [7, 11) is -2.05. The first kappa shape index (κ1) is 16.4. The summed E-state index contributed by atoms with van der Waals surface area (Å²) < 4.78 is 30.6. The average molecular weight is 292 g/mol. The Morgan fingerprint density at radius 1 is 1.32 bits per heavy atom. The Hall–Kier alpha value is -0.660. The molecule has 112 valence electrons. The van der Waals surface area contributed by atoms with Crippen molar-refractivity contribution in [2.45, 2.75) is 50.3 Å². The van der Waals surface area contributed by atoms with E-state index in [1.54, 1.807) is 6.92 Å². The average Bonchev–Trinajstić information content (AvgIpc) is 2.38. The van der Waals surface area contributed by atoms with E-state index < -0.39 is 15.3 Å². The zero-order valence-electron chi connectivity index (χ0n) is 11.6. The number of amides is 1. The predicted molar refractivity (Wildman–Crippen MR) is 73.3 cm³/mol. The minimum Gasteiger partial charge on any atom is -0.383 e. The van der Waals surface area contributed by atoms with Gasteiger partial charge in [0.1, 0.15) is 0 Å². The van der Waals surface area contributed by atoms with Crippen LogP contribution in [0, 0.1) is 0 Å². The Morgan fingerprint density at radius 3 is 2.53 bits per heavy atom. The van der Waals surface area contributed by atoms with Gasteiger partial charge in [0.25, 0.3) is 0 Å². The minimum atomic E-state index is -3.49. The third kappa shape index (κ3) is 5.88. The van der Waals surface area contributed by atoms with Gasteiger partial charge in [0.05, 0.1) is 18.4 Å². The van der Waals surface area contributed by atoms with E-state index >= 15 is 0 Å². The maximum absolute atomic E-state index is 11.7. The molecule has 2 N–H and O–H groups in total. The Morgan fingerprint density at radius 2 is 1.95 bits per heavy atom. The minimum absolute atomic E-state index is 0.111. The van der Waals surface area contributed by atoms with Gasteiger partial charge in [-0.3, -0.25) is 4.79 Å². The fourth-order valence-corrected chi connectivity index (χ4v) is 3.09. The summed E-state index contributed by atoms with van der Waals surface area (Å²) in [4.78, 5) is 11.7. The number of methoxy groups -OCH3 is 1. The van der Waals surface area contributed by atoms with Crippen molar-refractivity contribution in [2.75, 3.05) is 20.3 Å². The van der Waals surface area contributed by atoms with Gasteiger partial charge in [0.15, 0.2) is 0 Å². The number of ether oxygens (including phenoxy) is 1. The lowest BCUT2D eigenvalue weighted by molar-refractivity contribution is -0.120. The Kier molecular flexibility index (Phi) is 6.74. The van der Waals surface area contributed by atoms with Crippen LogP contribution in [0.4, 0.5) is 0 Å². The van der Waals surface area contributed by atoms with Crippen molar-refractivity contribution in [1.29, 1.82) is 0 Å². The quantitative estimate of drug-likeness (QED) is 0.711. The van der Waals surface area contributed by atoms with Crippen LogP contribution in [0.1, 0.15) is 39.0 Å². The van der Waals surface area contributed by atoms with Gasteiger partial charge in [-0.25, -0.2) is 13.1 Å². The highest BCUT2D eigenvalue weighted by atomic mass is 32.2. The van der Waals surface area contributed by atoms with Gasteiger partial charge in [0, 0.05) is 13.2 Å². The molecule has 0 aromatic carbocycles. The van der Waals surface area contributed by atoms with Crippen molar-refractivity contribution in [3.05, 3.63) is 0 Å². The van der Waals surface area contributed by atoms with Crippen molar-refractivity contribution in [3.8, 4) is 0 Å². The van der Waals surface area contributed by atoms with Crippen LogP contribution in [-0.4, -0.2) is 45.9 Å². The second kappa shape index (κ2) is 7.81. The molecule has 0 bridgehead atoms. The molecule has 1 fully saturated rings. The molecule has 1 unspecified atom stereocenters. The van der Waals surface area contributed by atoms with E-state index in [0.717, 1.165) is 25.7 Å². The Bertz CT molecular complexity index is 377. The number of sulfonamides is 1. The van der Waals surface area contributed by atoms with Gasteiger partial charge in [-0.05, 0) is 19.8 Å². The van der Waals surface area contributed by atoms with Crippen molar-refractivity contribution in [2.24, 2.45) is 0 Å². The lowest BCUT2D eigenvalue weighted by atomic mass is 9.95. The van der Waals surface area contributed by atoms with Crippen molar-refractivity contribution in [3.63, 3.8) is 0 Å². The summed E-state index contributed by atoms with van der Waals surface area (Å²) >= 11 is 0. The van der Waals surface area contributed by atoms with Gasteiger partial charge in [-0.2, -0.15) is 0 Å². The molecule has 1 amide bonds. The van der Waals surface area contributed by atoms with E-state index in [4.69, 9.17) is 4.74 Å². The molecule has 0 aliphatic heterocycles. The smallest absolute Gasteiger partial charge is 0.235 e. The highest BCUT2D eigenvalue weighted by Crippen LogP contribution is 2.17. The number of nitrogens with one attached hydrogen (secondary N) is 2. The standard InChI is InChI=1S/C12H24N2O4S/c1-10(9-18-2)19(16,17)13-8-12(15)14-11-6-4-3-5-7-11/h10-11,13H,3-9H2,1-2H3,(H,14,15). The van der Waals surface area contributed by atoms with Crippen molar-refractivity contribution >= 4 is 15.9 Å². The molecular weight excluding hydrogens is 268 g/mol. The molecule has 1 aliphatic rings. The highest BCUT2D eigenvalue weighted by Gasteiger charge is 2.22. The second-order valence-corrected chi connectivity index (χ2v) is 7.22.